The standard InChI is InChI=1S/C14H15N3O3/c18-13-8-12(14(19)20)16-11-7-9(1-2-10(11)13)17-5-3-15-4-6-17/h1-2,7,15H,3-6,8H2,(H,19,20). The van der Waals surface area contributed by atoms with Crippen LogP contribution in [0.3, 0.4) is 0 Å². The number of carbonyl (C=O) groups excluding carboxylic acids is 1. The molecule has 2 aliphatic rings. The molecule has 3 rings (SSSR count). The molecule has 6 nitrogen and oxygen atoms in total. The number of carboxylic acids is 1. The predicted molar refractivity (Wildman–Crippen MR) is 75.2 cm³/mol. The van der Waals surface area contributed by atoms with Gasteiger partial charge < -0.3 is 15.3 Å². The second kappa shape index (κ2) is 5.05. The van der Waals surface area contributed by atoms with Gasteiger partial charge in [-0.25, -0.2) is 9.79 Å². The number of rotatable bonds is 2. The van der Waals surface area contributed by atoms with Gasteiger partial charge in [0, 0.05) is 37.4 Å². The molecule has 0 radical (unpaired) electrons. The molecular formula is C14H15N3O3. The maximum Gasteiger partial charge on any atom is 0.350 e. The molecule has 0 saturated carbocycles. The van der Waals surface area contributed by atoms with Gasteiger partial charge in [-0.05, 0) is 18.2 Å². The summed E-state index contributed by atoms with van der Waals surface area (Å²) < 4.78 is 0. The lowest BCUT2D eigenvalue weighted by Gasteiger charge is -2.30. The summed E-state index contributed by atoms with van der Waals surface area (Å²) >= 11 is 0. The zero-order valence-corrected chi connectivity index (χ0v) is 10.9. The van der Waals surface area contributed by atoms with Gasteiger partial charge in [-0.3, -0.25) is 4.79 Å². The van der Waals surface area contributed by atoms with E-state index < -0.39 is 5.97 Å². The number of hydrogen-bond acceptors (Lipinski definition) is 5. The van der Waals surface area contributed by atoms with Crippen molar-refractivity contribution in [1.29, 1.82) is 0 Å². The first-order chi connectivity index (χ1) is 9.65. The molecule has 2 aliphatic heterocycles. The molecule has 0 aromatic heterocycles. The first kappa shape index (κ1) is 12.8. The predicted octanol–water partition coefficient (Wildman–Crippen LogP) is 0.840. The minimum absolute atomic E-state index is 0.0834. The fraction of sp³-hybridized carbons (Fsp3) is 0.357. The Labute approximate surface area is 116 Å². The number of aliphatic imine (C=N–C) groups is 1. The molecule has 0 bridgehead atoms. The number of nitrogens with zero attached hydrogens (tertiary/aromatic N) is 2. The van der Waals surface area contributed by atoms with Crippen LogP contribution in [0.5, 0.6) is 0 Å². The van der Waals surface area contributed by atoms with Crippen molar-refractivity contribution in [2.45, 2.75) is 6.42 Å². The molecule has 0 unspecified atom stereocenters. The van der Waals surface area contributed by atoms with E-state index in [-0.39, 0.29) is 17.9 Å². The summed E-state index contributed by atoms with van der Waals surface area (Å²) in [5.74, 6) is -1.31. The van der Waals surface area contributed by atoms with Crippen molar-refractivity contribution in [1.82, 2.24) is 5.32 Å². The Hall–Kier alpha value is -2.21. The van der Waals surface area contributed by atoms with E-state index in [0.717, 1.165) is 31.9 Å². The van der Waals surface area contributed by atoms with Crippen LogP contribution in [0.4, 0.5) is 11.4 Å². The number of piperazine rings is 1. The van der Waals surface area contributed by atoms with Crippen molar-refractivity contribution in [3.05, 3.63) is 23.8 Å². The number of benzene rings is 1. The number of hydrogen-bond donors (Lipinski definition) is 2. The Morgan fingerprint density at radius 2 is 2.05 bits per heavy atom. The second-order valence-electron chi connectivity index (χ2n) is 4.90. The van der Waals surface area contributed by atoms with E-state index in [1.807, 2.05) is 6.07 Å². The lowest BCUT2D eigenvalue weighted by molar-refractivity contribution is -0.129. The van der Waals surface area contributed by atoms with Gasteiger partial charge in [0.25, 0.3) is 0 Å². The smallest absolute Gasteiger partial charge is 0.350 e. The quantitative estimate of drug-likeness (QED) is 0.834. The number of carbonyl (C=O) groups is 2. The van der Waals surface area contributed by atoms with E-state index in [1.54, 1.807) is 12.1 Å². The Kier molecular flexibility index (Phi) is 3.23. The van der Waals surface area contributed by atoms with E-state index in [2.05, 4.69) is 15.2 Å². The number of anilines is 1. The number of Topliss-reactive ketones (excluding diaryl/α,β-unsaturated/α-hetero) is 1. The molecule has 0 amide bonds. The van der Waals surface area contributed by atoms with Gasteiger partial charge in [0.05, 0.1) is 12.1 Å². The number of carboxylic acid groups (broad SMARTS) is 1. The maximum atomic E-state index is 11.9. The third-order valence-corrected chi connectivity index (χ3v) is 3.59. The molecule has 1 saturated heterocycles. The van der Waals surface area contributed by atoms with Gasteiger partial charge in [-0.15, -0.1) is 0 Å². The largest absolute Gasteiger partial charge is 0.477 e. The number of aliphatic carboxylic acids is 1. The summed E-state index contributed by atoms with van der Waals surface area (Å²) in [5.41, 5.74) is 1.87. The van der Waals surface area contributed by atoms with Crippen LogP contribution in [0.25, 0.3) is 0 Å². The van der Waals surface area contributed by atoms with Crippen LogP contribution in [0.2, 0.25) is 0 Å². The van der Waals surface area contributed by atoms with Crippen molar-refractivity contribution < 1.29 is 14.7 Å². The molecule has 0 aliphatic carbocycles. The van der Waals surface area contributed by atoms with E-state index >= 15 is 0 Å². The summed E-state index contributed by atoms with van der Waals surface area (Å²) in [7, 11) is 0. The van der Waals surface area contributed by atoms with Gasteiger partial charge in [0.15, 0.2) is 5.78 Å². The second-order valence-corrected chi connectivity index (χ2v) is 4.90. The minimum Gasteiger partial charge on any atom is -0.477 e. The molecule has 6 heteroatoms. The van der Waals surface area contributed by atoms with E-state index in [9.17, 15) is 9.59 Å². The fourth-order valence-corrected chi connectivity index (χ4v) is 2.52. The Bertz CT molecular complexity index is 604. The zero-order chi connectivity index (χ0) is 14.1. The highest BCUT2D eigenvalue weighted by molar-refractivity contribution is 6.42. The molecule has 2 N–H and O–H groups in total. The molecule has 20 heavy (non-hydrogen) atoms. The minimum atomic E-state index is -1.13. The summed E-state index contributed by atoms with van der Waals surface area (Å²) in [6.45, 7) is 3.61. The van der Waals surface area contributed by atoms with Gasteiger partial charge >= 0.3 is 5.97 Å². The van der Waals surface area contributed by atoms with Gasteiger partial charge in [-0.2, -0.15) is 0 Å². The van der Waals surface area contributed by atoms with Crippen LogP contribution in [0, 0.1) is 0 Å². The first-order valence-corrected chi connectivity index (χ1v) is 6.59. The third kappa shape index (κ3) is 2.30. The summed E-state index contributed by atoms with van der Waals surface area (Å²) in [6, 6.07) is 5.46. The zero-order valence-electron chi connectivity index (χ0n) is 10.9. The van der Waals surface area contributed by atoms with Crippen LogP contribution in [-0.2, 0) is 4.79 Å². The Balaban J connectivity index is 1.97. The van der Waals surface area contributed by atoms with Crippen molar-refractivity contribution >= 4 is 28.8 Å². The van der Waals surface area contributed by atoms with Crippen LogP contribution in [-0.4, -0.2) is 48.7 Å². The molecule has 1 fully saturated rings. The molecule has 1 aromatic rings. The summed E-state index contributed by atoms with van der Waals surface area (Å²) in [5, 5.41) is 12.3. The molecule has 1 aromatic carbocycles. The summed E-state index contributed by atoms with van der Waals surface area (Å²) in [4.78, 5) is 29.2. The van der Waals surface area contributed by atoms with Crippen molar-refractivity contribution in [2.24, 2.45) is 4.99 Å². The van der Waals surface area contributed by atoms with Crippen molar-refractivity contribution in [3.8, 4) is 0 Å². The van der Waals surface area contributed by atoms with E-state index in [1.165, 1.54) is 0 Å². The van der Waals surface area contributed by atoms with Crippen LogP contribution < -0.4 is 10.2 Å². The van der Waals surface area contributed by atoms with E-state index in [0.29, 0.717) is 11.3 Å². The SMILES string of the molecule is O=C(O)C1=Nc2cc(N3CCNCC3)ccc2C(=O)C1. The third-order valence-electron chi connectivity index (χ3n) is 3.59. The number of ketones is 1. The average Bonchev–Trinajstić information content (AvgIpc) is 2.47. The molecule has 2 heterocycles. The van der Waals surface area contributed by atoms with Crippen LogP contribution in [0.15, 0.2) is 23.2 Å². The lowest BCUT2D eigenvalue weighted by atomic mass is 9.99. The highest BCUT2D eigenvalue weighted by Gasteiger charge is 2.24. The first-order valence-electron chi connectivity index (χ1n) is 6.59. The summed E-state index contributed by atoms with van der Waals surface area (Å²) in [6.07, 6.45) is -0.130. The highest BCUT2D eigenvalue weighted by Crippen LogP contribution is 2.30. The average molecular weight is 273 g/mol. The fourth-order valence-electron chi connectivity index (χ4n) is 2.52. The molecule has 0 atom stereocenters. The molecule has 0 spiro atoms. The van der Waals surface area contributed by atoms with Crippen LogP contribution >= 0.6 is 0 Å². The van der Waals surface area contributed by atoms with Crippen molar-refractivity contribution in [2.75, 3.05) is 31.1 Å². The molecular weight excluding hydrogens is 258 g/mol. The van der Waals surface area contributed by atoms with Crippen molar-refractivity contribution in [3.63, 3.8) is 0 Å². The highest BCUT2D eigenvalue weighted by atomic mass is 16.4. The lowest BCUT2D eigenvalue weighted by Crippen LogP contribution is -2.43. The Morgan fingerprint density at radius 1 is 1.30 bits per heavy atom. The normalized spacial score (nSPS) is 18.5. The van der Waals surface area contributed by atoms with Gasteiger partial charge in [0.1, 0.15) is 5.71 Å². The van der Waals surface area contributed by atoms with E-state index in [4.69, 9.17) is 5.11 Å². The molecule has 104 valence electrons. The number of fused-ring (bicyclic) bond motifs is 1. The topological polar surface area (TPSA) is 82.0 Å². The maximum absolute atomic E-state index is 11.9. The Morgan fingerprint density at radius 3 is 2.75 bits per heavy atom. The van der Waals surface area contributed by atoms with Gasteiger partial charge in [0.2, 0.25) is 0 Å². The number of nitrogens with one attached hydrogen (secondary N) is 1. The monoisotopic (exact) mass is 273 g/mol. The van der Waals surface area contributed by atoms with Crippen LogP contribution in [0.1, 0.15) is 16.8 Å². The van der Waals surface area contributed by atoms with Gasteiger partial charge in [-0.1, -0.05) is 0 Å².